The normalized spacial score (nSPS) is 12.8. The molecule has 0 saturated carbocycles. The number of hydrogen-bond donors (Lipinski definition) is 0. The molecule has 0 amide bonds. The summed E-state index contributed by atoms with van der Waals surface area (Å²) in [5.74, 6) is 0.361. The van der Waals surface area contributed by atoms with Crippen LogP contribution in [0.3, 0.4) is 0 Å². The number of benzene rings is 11. The zero-order valence-corrected chi connectivity index (χ0v) is 48.4. The third-order valence-electron chi connectivity index (χ3n) is 17.4. The van der Waals surface area contributed by atoms with Gasteiger partial charge in [-0.3, -0.25) is 0 Å². The van der Waals surface area contributed by atoms with Crippen LogP contribution >= 0.6 is 22.7 Å². The zero-order valence-electron chi connectivity index (χ0n) is 46.8. The van der Waals surface area contributed by atoms with Crippen LogP contribution in [-0.2, 0) is 10.8 Å². The van der Waals surface area contributed by atoms with E-state index in [0.29, 0.717) is 5.92 Å². The molecule has 6 heteroatoms. The van der Waals surface area contributed by atoms with Gasteiger partial charge in [0.25, 0.3) is 0 Å². The molecule has 4 nitrogen and oxygen atoms in total. The maximum Gasteiger partial charge on any atom is 0.143 e. The van der Waals surface area contributed by atoms with Crippen molar-refractivity contribution in [2.24, 2.45) is 0 Å². The summed E-state index contributed by atoms with van der Waals surface area (Å²) in [6.07, 6.45) is 0. The van der Waals surface area contributed by atoms with Gasteiger partial charge >= 0.3 is 0 Å². The molecule has 392 valence electrons. The van der Waals surface area contributed by atoms with Gasteiger partial charge in [0, 0.05) is 91.8 Å². The molecular formula is C75H59N3OS2. The lowest BCUT2D eigenvalue weighted by Crippen LogP contribution is -2.13. The van der Waals surface area contributed by atoms with Crippen LogP contribution in [0.1, 0.15) is 78.0 Å². The average Bonchev–Trinajstić information content (AvgIpc) is 2.05. The largest absolute Gasteiger partial charge is 0.455 e. The van der Waals surface area contributed by atoms with Crippen LogP contribution in [0.5, 0.6) is 0 Å². The summed E-state index contributed by atoms with van der Waals surface area (Å²) in [5, 5.41) is 14.6. The molecule has 0 spiro atoms. The molecule has 0 N–H and O–H groups in total. The Morgan fingerprint density at radius 3 is 1.60 bits per heavy atom. The van der Waals surface area contributed by atoms with E-state index in [1.807, 2.05) is 22.7 Å². The summed E-state index contributed by atoms with van der Waals surface area (Å²) in [5.41, 5.74) is 16.2. The number of furan rings is 1. The van der Waals surface area contributed by atoms with E-state index in [4.69, 9.17) is 4.42 Å². The predicted octanol–water partition coefficient (Wildman–Crippen LogP) is 23.3. The maximum atomic E-state index is 7.24. The first-order chi connectivity index (χ1) is 39.2. The van der Waals surface area contributed by atoms with E-state index in [1.54, 1.807) is 0 Å². The number of nitrogens with zero attached hydrogens (tertiary/aromatic N) is 3. The smallest absolute Gasteiger partial charge is 0.143 e. The molecule has 0 fully saturated rings. The van der Waals surface area contributed by atoms with Gasteiger partial charge in [-0.25, -0.2) is 0 Å². The summed E-state index contributed by atoms with van der Waals surface area (Å²) in [6, 6.07) is 77.9. The van der Waals surface area contributed by atoms with Crippen molar-refractivity contribution in [2.75, 3.05) is 9.80 Å². The summed E-state index contributed by atoms with van der Waals surface area (Å²) < 4.78 is 14.9. The van der Waals surface area contributed by atoms with Gasteiger partial charge in [0.2, 0.25) is 0 Å². The van der Waals surface area contributed by atoms with Crippen LogP contribution in [-0.4, -0.2) is 4.40 Å². The van der Waals surface area contributed by atoms with Gasteiger partial charge in [-0.15, -0.1) is 22.7 Å². The minimum atomic E-state index is 0.0198. The van der Waals surface area contributed by atoms with E-state index in [0.717, 1.165) is 55.5 Å². The van der Waals surface area contributed by atoms with Crippen LogP contribution in [0.4, 0.5) is 34.1 Å². The fourth-order valence-electron chi connectivity index (χ4n) is 13.2. The van der Waals surface area contributed by atoms with Crippen LogP contribution in [0.25, 0.3) is 111 Å². The fourth-order valence-corrected chi connectivity index (χ4v) is 15.6. The van der Waals surface area contributed by atoms with Gasteiger partial charge in [-0.2, -0.15) is 0 Å². The summed E-state index contributed by atoms with van der Waals surface area (Å²) in [6.45, 7) is 18.3. The summed E-state index contributed by atoms with van der Waals surface area (Å²) in [4.78, 5) is 4.97. The average molecular weight is 1080 g/mol. The van der Waals surface area contributed by atoms with Crippen LogP contribution in [0.2, 0.25) is 0 Å². The monoisotopic (exact) mass is 1080 g/mol. The molecule has 0 radical (unpaired) electrons. The number of rotatable bonds is 7. The first-order valence-electron chi connectivity index (χ1n) is 28.4. The third kappa shape index (κ3) is 7.26. The van der Waals surface area contributed by atoms with E-state index in [9.17, 15) is 0 Å². The molecule has 0 atom stereocenters. The Balaban J connectivity index is 0.920. The van der Waals surface area contributed by atoms with Crippen LogP contribution < -0.4 is 9.80 Å². The molecule has 81 heavy (non-hydrogen) atoms. The van der Waals surface area contributed by atoms with Gasteiger partial charge in [-0.1, -0.05) is 159 Å². The van der Waals surface area contributed by atoms with Crippen molar-refractivity contribution in [1.29, 1.82) is 0 Å². The summed E-state index contributed by atoms with van der Waals surface area (Å²) in [7, 11) is 0. The second kappa shape index (κ2) is 17.4. The highest BCUT2D eigenvalue weighted by Gasteiger charge is 2.28. The standard InChI is InChI=1S/C75H59N3OS2/c1-43(2)44-24-37-61-60(39-44)69-62(77(49-31-27-47(28-32-49)75(6,7)8)64-20-14-18-57-53-16-10-12-22-68(53)81-73(57)64)38-36-54-59-40-45-23-34-55-51-35-33-50(41-66(51)79-71(55)58(45)42-65(59)78(61)70(54)69)76(48-29-25-46(26-30-48)74(3,4)5)63-19-13-17-56-52-15-9-11-21-67(52)80-72(56)63/h9-43H,1-8H3. The number of aromatic nitrogens is 1. The Morgan fingerprint density at radius 1 is 0.407 bits per heavy atom. The quantitative estimate of drug-likeness (QED) is 0.159. The Hall–Kier alpha value is -8.68. The number of thiophene rings is 2. The van der Waals surface area contributed by atoms with E-state index >= 15 is 0 Å². The zero-order chi connectivity index (χ0) is 54.8. The van der Waals surface area contributed by atoms with Crippen molar-refractivity contribution in [3.05, 3.63) is 223 Å². The fraction of sp³-hybridized carbons (Fsp3) is 0.147. The van der Waals surface area contributed by atoms with Crippen molar-refractivity contribution in [3.8, 4) is 0 Å². The van der Waals surface area contributed by atoms with Gasteiger partial charge < -0.3 is 18.6 Å². The molecular weight excluding hydrogens is 1020 g/mol. The van der Waals surface area contributed by atoms with E-state index < -0.39 is 0 Å². The van der Waals surface area contributed by atoms with E-state index in [-0.39, 0.29) is 10.8 Å². The molecule has 0 aliphatic carbocycles. The lowest BCUT2D eigenvalue weighted by molar-refractivity contribution is 0.590. The Kier molecular flexibility index (Phi) is 10.4. The van der Waals surface area contributed by atoms with Crippen molar-refractivity contribution >= 4 is 168 Å². The predicted molar refractivity (Wildman–Crippen MR) is 353 cm³/mol. The molecule has 16 aromatic rings. The Labute approximate surface area is 478 Å². The van der Waals surface area contributed by atoms with Gasteiger partial charge in [0.05, 0.1) is 43.0 Å². The molecule has 5 heterocycles. The first kappa shape index (κ1) is 48.2. The molecule has 0 aliphatic rings. The lowest BCUT2D eigenvalue weighted by Gasteiger charge is -2.28. The molecule has 0 unspecified atom stereocenters. The Bertz CT molecular complexity index is 5230. The van der Waals surface area contributed by atoms with Crippen LogP contribution in [0.15, 0.2) is 211 Å². The first-order valence-corrected chi connectivity index (χ1v) is 30.1. The maximum absolute atomic E-state index is 7.24. The van der Waals surface area contributed by atoms with Crippen molar-refractivity contribution < 1.29 is 4.42 Å². The number of anilines is 6. The highest BCUT2D eigenvalue weighted by Crippen LogP contribution is 2.52. The minimum absolute atomic E-state index is 0.0198. The number of fused-ring (bicyclic) bond motifs is 17. The lowest BCUT2D eigenvalue weighted by atomic mass is 9.87. The van der Waals surface area contributed by atoms with Crippen LogP contribution in [0, 0.1) is 0 Å². The minimum Gasteiger partial charge on any atom is -0.455 e. The molecule has 11 aromatic carbocycles. The van der Waals surface area contributed by atoms with Gasteiger partial charge in [0.1, 0.15) is 11.2 Å². The van der Waals surface area contributed by atoms with Crippen molar-refractivity contribution in [2.45, 2.75) is 72.1 Å². The van der Waals surface area contributed by atoms with Gasteiger partial charge in [0.15, 0.2) is 0 Å². The Morgan fingerprint density at radius 2 is 0.975 bits per heavy atom. The molecule has 0 bridgehead atoms. The second-order valence-corrected chi connectivity index (χ2v) is 26.8. The van der Waals surface area contributed by atoms with Crippen molar-refractivity contribution in [3.63, 3.8) is 0 Å². The molecule has 0 saturated heterocycles. The molecule has 0 aliphatic heterocycles. The van der Waals surface area contributed by atoms with Crippen molar-refractivity contribution in [1.82, 2.24) is 4.40 Å². The second-order valence-electron chi connectivity index (χ2n) is 24.7. The molecule has 16 rings (SSSR count). The highest BCUT2D eigenvalue weighted by molar-refractivity contribution is 7.26. The summed E-state index contributed by atoms with van der Waals surface area (Å²) >= 11 is 3.75. The van der Waals surface area contributed by atoms with Gasteiger partial charge in [-0.05, 0) is 136 Å². The topological polar surface area (TPSA) is 24.0 Å². The van der Waals surface area contributed by atoms with E-state index in [2.05, 4.69) is 276 Å². The SMILES string of the molecule is CC(C)c1ccc2c(c1)c1c(N(c3ccc(C(C)(C)C)cc3)c3cccc4c3sc3ccccc34)ccc3c4cc5ccc6c7ccc(N(c8ccc(C(C)(C)C)cc8)c8cccc9c8sc8ccccc89)cc7oc6c5cc4n2c31. The third-order valence-corrected chi connectivity index (χ3v) is 19.8. The highest BCUT2D eigenvalue weighted by atomic mass is 32.1. The van der Waals surface area contributed by atoms with E-state index in [1.165, 1.54) is 107 Å². The number of hydrogen-bond acceptors (Lipinski definition) is 5. The molecule has 5 aromatic heterocycles.